The second kappa shape index (κ2) is 9.84. The number of hydrogen-bond acceptors (Lipinski definition) is 6. The van der Waals surface area contributed by atoms with Crippen LogP contribution < -0.4 is 10.6 Å². The smallest absolute Gasteiger partial charge is 0.338 e. The summed E-state index contributed by atoms with van der Waals surface area (Å²) in [5.74, 6) is -1.17. The second-order valence-corrected chi connectivity index (χ2v) is 7.61. The minimum absolute atomic E-state index is 0.157. The van der Waals surface area contributed by atoms with Crippen molar-refractivity contribution in [3.8, 4) is 11.1 Å². The summed E-state index contributed by atoms with van der Waals surface area (Å²) in [5, 5.41) is 10.0. The lowest BCUT2D eigenvalue weighted by atomic mass is 10.1. The quantitative estimate of drug-likeness (QED) is 0.491. The predicted molar refractivity (Wildman–Crippen MR) is 122 cm³/mol. The van der Waals surface area contributed by atoms with Crippen molar-refractivity contribution in [1.82, 2.24) is 9.78 Å². The van der Waals surface area contributed by atoms with E-state index in [2.05, 4.69) is 15.7 Å². The summed E-state index contributed by atoms with van der Waals surface area (Å²) in [6, 6.07) is 11.2. The highest BCUT2D eigenvalue weighted by atomic mass is 19.1. The number of benzene rings is 2. The Labute approximate surface area is 194 Å². The van der Waals surface area contributed by atoms with Gasteiger partial charge in [-0.2, -0.15) is 5.10 Å². The van der Waals surface area contributed by atoms with Crippen molar-refractivity contribution >= 4 is 29.3 Å². The molecule has 0 fully saturated rings. The maximum absolute atomic E-state index is 13.4. The van der Waals surface area contributed by atoms with Gasteiger partial charge in [0.25, 0.3) is 5.91 Å². The first-order valence-electron chi connectivity index (χ1n) is 10.7. The van der Waals surface area contributed by atoms with Crippen LogP contribution in [0.3, 0.4) is 0 Å². The number of aromatic nitrogens is 2. The van der Waals surface area contributed by atoms with Crippen molar-refractivity contribution in [3.05, 3.63) is 65.6 Å². The van der Waals surface area contributed by atoms with E-state index in [1.165, 1.54) is 23.9 Å². The van der Waals surface area contributed by atoms with Crippen LogP contribution in [-0.4, -0.2) is 41.3 Å². The van der Waals surface area contributed by atoms with E-state index in [9.17, 15) is 18.8 Å². The van der Waals surface area contributed by atoms with Crippen LogP contribution in [0.15, 0.2) is 48.5 Å². The molecule has 0 saturated heterocycles. The highest BCUT2D eigenvalue weighted by molar-refractivity contribution is 6.04. The maximum Gasteiger partial charge on any atom is 0.338 e. The molecule has 1 aliphatic heterocycles. The van der Waals surface area contributed by atoms with Crippen LogP contribution in [0.4, 0.5) is 15.9 Å². The maximum atomic E-state index is 13.4. The molecule has 2 N–H and O–H groups in total. The van der Waals surface area contributed by atoms with Gasteiger partial charge in [0.05, 0.1) is 30.9 Å². The third kappa shape index (κ3) is 4.67. The molecule has 1 aromatic heterocycles. The molecule has 9 nitrogen and oxygen atoms in total. The van der Waals surface area contributed by atoms with E-state index >= 15 is 0 Å². The van der Waals surface area contributed by atoms with Crippen molar-refractivity contribution in [1.29, 1.82) is 0 Å². The van der Waals surface area contributed by atoms with Crippen LogP contribution in [-0.2, 0) is 25.7 Å². The van der Waals surface area contributed by atoms with Crippen molar-refractivity contribution in [2.75, 3.05) is 24.4 Å². The molecule has 0 radical (unpaired) electrons. The number of nitrogens with one attached hydrogen (secondary N) is 2. The second-order valence-electron chi connectivity index (χ2n) is 7.61. The molecular formula is C24H23FN4O5. The van der Waals surface area contributed by atoms with Crippen LogP contribution in [0.5, 0.6) is 0 Å². The third-order valence-electron chi connectivity index (χ3n) is 5.29. The molecular weight excluding hydrogens is 443 g/mol. The van der Waals surface area contributed by atoms with Crippen molar-refractivity contribution < 1.29 is 28.2 Å². The number of hydrogen-bond donors (Lipinski definition) is 2. The van der Waals surface area contributed by atoms with Gasteiger partial charge >= 0.3 is 5.97 Å². The van der Waals surface area contributed by atoms with Gasteiger partial charge in [-0.3, -0.25) is 9.59 Å². The largest absolute Gasteiger partial charge is 0.462 e. The molecule has 0 saturated carbocycles. The summed E-state index contributed by atoms with van der Waals surface area (Å²) in [5.41, 5.74) is 2.69. The number of fused-ring (bicyclic) bond motifs is 1. The number of esters is 1. The van der Waals surface area contributed by atoms with E-state index < -0.39 is 17.9 Å². The van der Waals surface area contributed by atoms with Gasteiger partial charge in [0.2, 0.25) is 5.91 Å². The van der Waals surface area contributed by atoms with Gasteiger partial charge < -0.3 is 20.1 Å². The number of ether oxygens (including phenoxy) is 2. The van der Waals surface area contributed by atoms with Gasteiger partial charge in [-0.25, -0.2) is 13.9 Å². The summed E-state index contributed by atoms with van der Waals surface area (Å²) in [6.07, 6.45) is -0.157. The first kappa shape index (κ1) is 23.1. The lowest BCUT2D eigenvalue weighted by Crippen LogP contribution is -2.24. The molecule has 4 rings (SSSR count). The molecule has 0 spiro atoms. The van der Waals surface area contributed by atoms with Gasteiger partial charge in [0, 0.05) is 18.4 Å². The summed E-state index contributed by atoms with van der Waals surface area (Å²) in [7, 11) is 1.52. The molecule has 3 aromatic rings. The standard InChI is InChI=1S/C24H23FN4O5/c1-3-34-24(32)15-6-10-17(11-7-15)26-20(30)12-19-23(31)27-22-21(14-4-8-16(25)9-5-14)18(13-33-2)28-29(19)22/h4-11,19H,3,12-13H2,1-2H3,(H,26,30)(H,27,31). The number of halogens is 1. The number of anilines is 2. The fourth-order valence-corrected chi connectivity index (χ4v) is 3.77. The zero-order chi connectivity index (χ0) is 24.2. The van der Waals surface area contributed by atoms with Crippen LogP contribution in [0.1, 0.15) is 35.4 Å². The van der Waals surface area contributed by atoms with Crippen molar-refractivity contribution in [2.24, 2.45) is 0 Å². The highest BCUT2D eigenvalue weighted by Crippen LogP contribution is 2.39. The summed E-state index contributed by atoms with van der Waals surface area (Å²) < 4.78 is 25.1. The molecule has 2 amide bonds. The van der Waals surface area contributed by atoms with Crippen molar-refractivity contribution in [2.45, 2.75) is 26.0 Å². The zero-order valence-corrected chi connectivity index (χ0v) is 18.6. The van der Waals surface area contributed by atoms with Crippen molar-refractivity contribution in [3.63, 3.8) is 0 Å². The van der Waals surface area contributed by atoms with Gasteiger partial charge in [-0.1, -0.05) is 12.1 Å². The van der Waals surface area contributed by atoms with Gasteiger partial charge in [0.15, 0.2) is 0 Å². The summed E-state index contributed by atoms with van der Waals surface area (Å²) in [4.78, 5) is 37.1. The minimum Gasteiger partial charge on any atom is -0.462 e. The Morgan fingerprint density at radius 1 is 1.15 bits per heavy atom. The number of methoxy groups -OCH3 is 1. The normalized spacial score (nSPS) is 14.4. The lowest BCUT2D eigenvalue weighted by molar-refractivity contribution is -0.123. The molecule has 34 heavy (non-hydrogen) atoms. The zero-order valence-electron chi connectivity index (χ0n) is 18.6. The molecule has 0 aliphatic carbocycles. The predicted octanol–water partition coefficient (Wildman–Crippen LogP) is 3.53. The van der Waals surface area contributed by atoms with E-state index in [0.717, 1.165) is 0 Å². The molecule has 176 valence electrons. The Hall–Kier alpha value is -4.05. The Morgan fingerprint density at radius 2 is 1.85 bits per heavy atom. The van der Waals surface area contributed by atoms with Crippen LogP contribution in [0, 0.1) is 5.82 Å². The van der Waals surface area contributed by atoms with E-state index in [1.807, 2.05) is 0 Å². The first-order valence-corrected chi connectivity index (χ1v) is 10.7. The Kier molecular flexibility index (Phi) is 6.69. The summed E-state index contributed by atoms with van der Waals surface area (Å²) in [6.45, 7) is 2.16. The van der Waals surface area contributed by atoms with Crippen LogP contribution >= 0.6 is 0 Å². The van der Waals surface area contributed by atoms with Gasteiger partial charge in [0.1, 0.15) is 17.7 Å². The molecule has 1 aliphatic rings. The number of carbonyl (C=O) groups excluding carboxylic acids is 3. The van der Waals surface area contributed by atoms with Crippen LogP contribution in [0.25, 0.3) is 11.1 Å². The molecule has 10 heteroatoms. The highest BCUT2D eigenvalue weighted by Gasteiger charge is 2.37. The lowest BCUT2D eigenvalue weighted by Gasteiger charge is -2.10. The number of amides is 2. The monoisotopic (exact) mass is 466 g/mol. The molecule has 2 heterocycles. The number of nitrogens with zero attached hydrogens (tertiary/aromatic N) is 2. The van der Waals surface area contributed by atoms with Gasteiger partial charge in [-0.05, 0) is 48.9 Å². The Balaban J connectivity index is 1.53. The number of carbonyl (C=O) groups is 3. The van der Waals surface area contributed by atoms with E-state index in [4.69, 9.17) is 9.47 Å². The summed E-state index contributed by atoms with van der Waals surface area (Å²) >= 11 is 0. The molecule has 1 unspecified atom stereocenters. The van der Waals surface area contributed by atoms with E-state index in [0.29, 0.717) is 33.9 Å². The fourth-order valence-electron chi connectivity index (χ4n) is 3.77. The average molecular weight is 466 g/mol. The Morgan fingerprint density at radius 3 is 2.50 bits per heavy atom. The molecule has 1 atom stereocenters. The average Bonchev–Trinajstić information content (AvgIpc) is 3.30. The first-order chi connectivity index (χ1) is 16.4. The Bertz CT molecular complexity index is 1220. The fraction of sp³-hybridized carbons (Fsp3) is 0.250. The minimum atomic E-state index is -0.862. The molecule has 2 aromatic carbocycles. The van der Waals surface area contributed by atoms with E-state index in [1.54, 1.807) is 43.3 Å². The van der Waals surface area contributed by atoms with Gasteiger partial charge in [-0.15, -0.1) is 0 Å². The van der Waals surface area contributed by atoms with E-state index in [-0.39, 0.29) is 31.4 Å². The SMILES string of the molecule is CCOC(=O)c1ccc(NC(=O)CC2C(=O)Nc3c(-c4ccc(F)cc4)c(COC)nn32)cc1. The third-order valence-corrected chi connectivity index (χ3v) is 5.29. The topological polar surface area (TPSA) is 112 Å². The number of rotatable bonds is 8. The molecule has 0 bridgehead atoms. The van der Waals surface area contributed by atoms with Crippen LogP contribution in [0.2, 0.25) is 0 Å².